The van der Waals surface area contributed by atoms with Crippen LogP contribution in [0.15, 0.2) is 54.6 Å². The summed E-state index contributed by atoms with van der Waals surface area (Å²) in [5.74, 6) is 1.67. The van der Waals surface area contributed by atoms with Crippen LogP contribution in [0.4, 0.5) is 0 Å². The molecule has 1 fully saturated rings. The molecule has 1 saturated heterocycles. The fourth-order valence-electron chi connectivity index (χ4n) is 3.56. The van der Waals surface area contributed by atoms with Crippen molar-refractivity contribution in [1.29, 1.82) is 0 Å². The molecular formula is C21H28N2O. The van der Waals surface area contributed by atoms with Crippen molar-refractivity contribution in [1.82, 2.24) is 4.90 Å². The standard InChI is InChI=1S/C21H28N2O/c1-17-7-6-12-23(15-17)21(14-22)19-10-5-11-20(13-19)24-16-18-8-3-2-4-9-18/h2-5,8-11,13,17,21H,6-7,12,14-16,22H2,1H3. The van der Waals surface area contributed by atoms with E-state index in [4.69, 9.17) is 10.5 Å². The smallest absolute Gasteiger partial charge is 0.120 e. The van der Waals surface area contributed by atoms with Gasteiger partial charge < -0.3 is 10.5 Å². The van der Waals surface area contributed by atoms with E-state index in [0.29, 0.717) is 13.2 Å². The molecule has 0 saturated carbocycles. The lowest BCUT2D eigenvalue weighted by atomic mass is 9.96. The molecular weight excluding hydrogens is 296 g/mol. The second kappa shape index (κ2) is 8.32. The number of ether oxygens (including phenoxy) is 1. The first-order valence-electron chi connectivity index (χ1n) is 8.97. The minimum absolute atomic E-state index is 0.285. The molecule has 3 rings (SSSR count). The number of hydrogen-bond acceptors (Lipinski definition) is 3. The molecule has 0 amide bonds. The lowest BCUT2D eigenvalue weighted by Gasteiger charge is -2.37. The fourth-order valence-corrected chi connectivity index (χ4v) is 3.56. The van der Waals surface area contributed by atoms with Gasteiger partial charge in [0, 0.05) is 19.1 Å². The highest BCUT2D eigenvalue weighted by Crippen LogP contribution is 2.28. The minimum atomic E-state index is 0.285. The van der Waals surface area contributed by atoms with Crippen LogP contribution < -0.4 is 10.5 Å². The lowest BCUT2D eigenvalue weighted by molar-refractivity contribution is 0.133. The molecule has 0 aliphatic carbocycles. The third kappa shape index (κ3) is 4.37. The zero-order chi connectivity index (χ0) is 16.8. The number of hydrogen-bond donors (Lipinski definition) is 1. The van der Waals surface area contributed by atoms with Crippen molar-refractivity contribution < 1.29 is 4.74 Å². The Morgan fingerprint density at radius 3 is 2.75 bits per heavy atom. The molecule has 0 radical (unpaired) electrons. The van der Waals surface area contributed by atoms with Crippen molar-refractivity contribution in [3.8, 4) is 5.75 Å². The molecule has 1 heterocycles. The number of likely N-dealkylation sites (tertiary alicyclic amines) is 1. The molecule has 2 unspecified atom stereocenters. The normalized spacial score (nSPS) is 19.8. The molecule has 2 aromatic carbocycles. The van der Waals surface area contributed by atoms with E-state index in [1.54, 1.807) is 0 Å². The van der Waals surface area contributed by atoms with Crippen LogP contribution in [0.1, 0.15) is 36.9 Å². The van der Waals surface area contributed by atoms with E-state index in [0.717, 1.165) is 24.8 Å². The van der Waals surface area contributed by atoms with Gasteiger partial charge in [-0.15, -0.1) is 0 Å². The third-order valence-corrected chi connectivity index (χ3v) is 4.84. The molecule has 24 heavy (non-hydrogen) atoms. The second-order valence-corrected chi connectivity index (χ2v) is 6.84. The van der Waals surface area contributed by atoms with Gasteiger partial charge in [-0.1, -0.05) is 49.4 Å². The van der Waals surface area contributed by atoms with Gasteiger partial charge >= 0.3 is 0 Å². The first-order chi connectivity index (χ1) is 11.8. The Balaban J connectivity index is 1.68. The molecule has 1 aliphatic heterocycles. The van der Waals surface area contributed by atoms with Crippen LogP contribution in [-0.4, -0.2) is 24.5 Å². The van der Waals surface area contributed by atoms with Gasteiger partial charge in [-0.25, -0.2) is 0 Å². The average Bonchev–Trinajstić information content (AvgIpc) is 2.62. The van der Waals surface area contributed by atoms with Crippen molar-refractivity contribution in [3.05, 3.63) is 65.7 Å². The monoisotopic (exact) mass is 324 g/mol. The predicted octanol–water partition coefficient (Wildman–Crippen LogP) is 4.00. The summed E-state index contributed by atoms with van der Waals surface area (Å²) in [5, 5.41) is 0. The molecule has 0 spiro atoms. The summed E-state index contributed by atoms with van der Waals surface area (Å²) >= 11 is 0. The molecule has 128 valence electrons. The van der Waals surface area contributed by atoms with Crippen LogP contribution in [-0.2, 0) is 6.61 Å². The van der Waals surface area contributed by atoms with E-state index >= 15 is 0 Å². The highest BCUT2D eigenvalue weighted by molar-refractivity contribution is 5.31. The molecule has 0 aromatic heterocycles. The van der Waals surface area contributed by atoms with Crippen molar-refractivity contribution in [2.24, 2.45) is 11.7 Å². The van der Waals surface area contributed by atoms with E-state index in [-0.39, 0.29) is 6.04 Å². The maximum absolute atomic E-state index is 6.11. The minimum Gasteiger partial charge on any atom is -0.489 e. The highest BCUT2D eigenvalue weighted by atomic mass is 16.5. The molecule has 1 aliphatic rings. The lowest BCUT2D eigenvalue weighted by Crippen LogP contribution is -2.40. The van der Waals surface area contributed by atoms with E-state index in [1.807, 2.05) is 24.3 Å². The van der Waals surface area contributed by atoms with Crippen LogP contribution in [0.3, 0.4) is 0 Å². The van der Waals surface area contributed by atoms with Crippen LogP contribution in [0, 0.1) is 5.92 Å². The van der Waals surface area contributed by atoms with Crippen molar-refractivity contribution in [3.63, 3.8) is 0 Å². The largest absolute Gasteiger partial charge is 0.489 e. The van der Waals surface area contributed by atoms with E-state index < -0.39 is 0 Å². The van der Waals surface area contributed by atoms with Gasteiger partial charge in [-0.05, 0) is 48.6 Å². The highest BCUT2D eigenvalue weighted by Gasteiger charge is 2.24. The summed E-state index contributed by atoms with van der Waals surface area (Å²) in [6.07, 6.45) is 2.59. The third-order valence-electron chi connectivity index (χ3n) is 4.84. The van der Waals surface area contributed by atoms with Gasteiger partial charge in [0.2, 0.25) is 0 Å². The summed E-state index contributed by atoms with van der Waals surface area (Å²) in [6, 6.07) is 19.0. The fraction of sp³-hybridized carbons (Fsp3) is 0.429. The van der Waals surface area contributed by atoms with Crippen LogP contribution in [0.5, 0.6) is 5.75 Å². The van der Waals surface area contributed by atoms with Crippen molar-refractivity contribution in [2.45, 2.75) is 32.4 Å². The molecule has 2 N–H and O–H groups in total. The van der Waals surface area contributed by atoms with Gasteiger partial charge in [-0.2, -0.15) is 0 Å². The van der Waals surface area contributed by atoms with E-state index in [1.165, 1.54) is 24.0 Å². The zero-order valence-electron chi connectivity index (χ0n) is 14.5. The zero-order valence-corrected chi connectivity index (χ0v) is 14.5. The van der Waals surface area contributed by atoms with Crippen LogP contribution in [0.2, 0.25) is 0 Å². The summed E-state index contributed by atoms with van der Waals surface area (Å²) in [5.41, 5.74) is 8.56. The Hall–Kier alpha value is -1.84. The molecule has 2 aromatic rings. The summed E-state index contributed by atoms with van der Waals surface area (Å²) < 4.78 is 5.98. The molecule has 3 heteroatoms. The average molecular weight is 324 g/mol. The Morgan fingerprint density at radius 2 is 2.00 bits per heavy atom. The van der Waals surface area contributed by atoms with Crippen LogP contribution >= 0.6 is 0 Å². The molecule has 3 nitrogen and oxygen atoms in total. The molecule has 2 atom stereocenters. The summed E-state index contributed by atoms with van der Waals surface area (Å²) in [4.78, 5) is 2.53. The van der Waals surface area contributed by atoms with Gasteiger partial charge in [0.1, 0.15) is 12.4 Å². The summed E-state index contributed by atoms with van der Waals surface area (Å²) in [6.45, 7) is 5.85. The predicted molar refractivity (Wildman–Crippen MR) is 99.0 cm³/mol. The van der Waals surface area contributed by atoms with E-state index in [2.05, 4.69) is 42.2 Å². The van der Waals surface area contributed by atoms with Crippen molar-refractivity contribution in [2.75, 3.05) is 19.6 Å². The Bertz CT molecular complexity index is 629. The number of piperidine rings is 1. The SMILES string of the molecule is CC1CCCN(C(CN)c2cccc(OCc3ccccc3)c2)C1. The number of nitrogens with zero attached hydrogens (tertiary/aromatic N) is 1. The first kappa shape index (κ1) is 17.0. The molecule has 0 bridgehead atoms. The van der Waals surface area contributed by atoms with E-state index in [9.17, 15) is 0 Å². The first-order valence-corrected chi connectivity index (χ1v) is 8.97. The number of nitrogens with two attached hydrogens (primary N) is 1. The topological polar surface area (TPSA) is 38.5 Å². The number of benzene rings is 2. The van der Waals surface area contributed by atoms with Crippen LogP contribution in [0.25, 0.3) is 0 Å². The van der Waals surface area contributed by atoms with Gasteiger partial charge in [0.15, 0.2) is 0 Å². The van der Waals surface area contributed by atoms with Gasteiger partial charge in [0.05, 0.1) is 0 Å². The number of rotatable bonds is 6. The quantitative estimate of drug-likeness (QED) is 0.873. The Morgan fingerprint density at radius 1 is 1.17 bits per heavy atom. The summed E-state index contributed by atoms with van der Waals surface area (Å²) in [7, 11) is 0. The Kier molecular flexibility index (Phi) is 5.89. The Labute approximate surface area is 145 Å². The van der Waals surface area contributed by atoms with Gasteiger partial charge in [0.25, 0.3) is 0 Å². The second-order valence-electron chi connectivity index (χ2n) is 6.84. The maximum atomic E-state index is 6.11. The van der Waals surface area contributed by atoms with Crippen molar-refractivity contribution >= 4 is 0 Å². The maximum Gasteiger partial charge on any atom is 0.120 e. The van der Waals surface area contributed by atoms with Gasteiger partial charge in [-0.3, -0.25) is 4.90 Å².